The van der Waals surface area contributed by atoms with Gasteiger partial charge in [0, 0.05) is 18.8 Å². The Kier molecular flexibility index (Phi) is 4.57. The second-order valence-electron chi connectivity index (χ2n) is 5.20. The zero-order valence-corrected chi connectivity index (χ0v) is 12.2. The van der Waals surface area contributed by atoms with Crippen LogP contribution in [0.5, 0.6) is 0 Å². The molecule has 2 atom stereocenters. The van der Waals surface area contributed by atoms with Crippen LogP contribution in [-0.2, 0) is 4.74 Å². The van der Waals surface area contributed by atoms with Gasteiger partial charge in [-0.15, -0.1) is 0 Å². The number of hydrogen-bond donors (Lipinski definition) is 1. The van der Waals surface area contributed by atoms with Crippen molar-refractivity contribution in [2.24, 2.45) is 0 Å². The summed E-state index contributed by atoms with van der Waals surface area (Å²) in [5.74, 6) is 1.27. The van der Waals surface area contributed by atoms with Gasteiger partial charge in [-0.2, -0.15) is 4.98 Å². The molecule has 21 heavy (non-hydrogen) atoms. The van der Waals surface area contributed by atoms with Gasteiger partial charge in [0.15, 0.2) is 0 Å². The standard InChI is InChI=1S/C15H20N4O2/c1-2-7-16-12-6-9-20-10-11(12)15-18-14(19-21-15)13-5-3-4-8-17-13/h3-5,8,11-12,16H,2,6-7,9-10H2,1H3. The average Bonchev–Trinajstić information content (AvgIpc) is 3.04. The van der Waals surface area contributed by atoms with E-state index in [-0.39, 0.29) is 5.92 Å². The molecular formula is C15H20N4O2. The minimum atomic E-state index is 0.107. The molecular weight excluding hydrogens is 268 g/mol. The lowest BCUT2D eigenvalue weighted by Crippen LogP contribution is -2.41. The van der Waals surface area contributed by atoms with Crippen LogP contribution in [0.3, 0.4) is 0 Å². The Morgan fingerprint density at radius 2 is 2.33 bits per heavy atom. The van der Waals surface area contributed by atoms with Crippen molar-refractivity contribution in [3.8, 4) is 11.5 Å². The molecule has 112 valence electrons. The summed E-state index contributed by atoms with van der Waals surface area (Å²) in [7, 11) is 0. The van der Waals surface area contributed by atoms with E-state index >= 15 is 0 Å². The van der Waals surface area contributed by atoms with Crippen LogP contribution in [-0.4, -0.2) is 40.9 Å². The average molecular weight is 288 g/mol. The van der Waals surface area contributed by atoms with E-state index in [0.29, 0.717) is 24.4 Å². The van der Waals surface area contributed by atoms with Crippen molar-refractivity contribution >= 4 is 0 Å². The smallest absolute Gasteiger partial charge is 0.234 e. The molecule has 1 fully saturated rings. The molecule has 6 nitrogen and oxygen atoms in total. The first-order chi connectivity index (χ1) is 10.4. The summed E-state index contributed by atoms with van der Waals surface area (Å²) in [6.45, 7) is 4.54. The van der Waals surface area contributed by atoms with Gasteiger partial charge in [-0.25, -0.2) is 0 Å². The Morgan fingerprint density at radius 1 is 1.38 bits per heavy atom. The minimum Gasteiger partial charge on any atom is -0.381 e. The Balaban J connectivity index is 1.77. The maximum Gasteiger partial charge on any atom is 0.234 e. The molecule has 6 heteroatoms. The van der Waals surface area contributed by atoms with Gasteiger partial charge < -0.3 is 14.6 Å². The van der Waals surface area contributed by atoms with Crippen molar-refractivity contribution in [1.29, 1.82) is 0 Å². The van der Waals surface area contributed by atoms with Crippen LogP contribution < -0.4 is 5.32 Å². The normalized spacial score (nSPS) is 22.3. The summed E-state index contributed by atoms with van der Waals surface area (Å²) in [6.07, 6.45) is 3.79. The van der Waals surface area contributed by atoms with E-state index in [1.807, 2.05) is 18.2 Å². The summed E-state index contributed by atoms with van der Waals surface area (Å²) in [6, 6.07) is 5.98. The molecule has 1 aliphatic heterocycles. The van der Waals surface area contributed by atoms with Crippen LogP contribution in [0.15, 0.2) is 28.9 Å². The first-order valence-corrected chi connectivity index (χ1v) is 7.44. The zero-order chi connectivity index (χ0) is 14.5. The highest BCUT2D eigenvalue weighted by Crippen LogP contribution is 2.26. The zero-order valence-electron chi connectivity index (χ0n) is 12.2. The highest BCUT2D eigenvalue weighted by Gasteiger charge is 2.31. The SMILES string of the molecule is CCCNC1CCOCC1c1nc(-c2ccccn2)no1. The van der Waals surface area contributed by atoms with Gasteiger partial charge in [0.2, 0.25) is 11.7 Å². The molecule has 2 aromatic rings. The predicted octanol–water partition coefficient (Wildman–Crippen LogP) is 2.00. The third-order valence-electron chi connectivity index (χ3n) is 3.67. The van der Waals surface area contributed by atoms with Gasteiger partial charge in [-0.05, 0) is 31.5 Å². The highest BCUT2D eigenvalue weighted by molar-refractivity contribution is 5.47. The Labute approximate surface area is 123 Å². The van der Waals surface area contributed by atoms with Crippen molar-refractivity contribution in [2.45, 2.75) is 31.7 Å². The van der Waals surface area contributed by atoms with Gasteiger partial charge in [0.1, 0.15) is 5.69 Å². The fourth-order valence-electron chi connectivity index (χ4n) is 2.54. The molecule has 2 aromatic heterocycles. The first kappa shape index (κ1) is 14.2. The summed E-state index contributed by atoms with van der Waals surface area (Å²) in [4.78, 5) is 8.75. The van der Waals surface area contributed by atoms with E-state index in [0.717, 1.165) is 31.7 Å². The fourth-order valence-corrected chi connectivity index (χ4v) is 2.54. The third-order valence-corrected chi connectivity index (χ3v) is 3.67. The Hall–Kier alpha value is -1.79. The van der Waals surface area contributed by atoms with Crippen molar-refractivity contribution in [3.63, 3.8) is 0 Å². The number of nitrogens with one attached hydrogen (secondary N) is 1. The maximum atomic E-state index is 5.58. The van der Waals surface area contributed by atoms with E-state index in [1.54, 1.807) is 6.20 Å². The molecule has 3 heterocycles. The molecule has 0 radical (unpaired) electrons. The van der Waals surface area contributed by atoms with Gasteiger partial charge in [0.05, 0.1) is 12.5 Å². The monoisotopic (exact) mass is 288 g/mol. The van der Waals surface area contributed by atoms with Crippen LogP contribution >= 0.6 is 0 Å². The van der Waals surface area contributed by atoms with Gasteiger partial charge in [-0.1, -0.05) is 18.1 Å². The lowest BCUT2D eigenvalue weighted by molar-refractivity contribution is 0.0498. The highest BCUT2D eigenvalue weighted by atomic mass is 16.5. The summed E-state index contributed by atoms with van der Waals surface area (Å²) in [5.41, 5.74) is 0.724. The van der Waals surface area contributed by atoms with Crippen molar-refractivity contribution in [2.75, 3.05) is 19.8 Å². The molecule has 0 saturated carbocycles. The lowest BCUT2D eigenvalue weighted by Gasteiger charge is -2.29. The quantitative estimate of drug-likeness (QED) is 0.907. The van der Waals surface area contributed by atoms with Crippen LogP contribution in [0.1, 0.15) is 31.6 Å². The number of nitrogens with zero attached hydrogens (tertiary/aromatic N) is 3. The number of aromatic nitrogens is 3. The fraction of sp³-hybridized carbons (Fsp3) is 0.533. The van der Waals surface area contributed by atoms with E-state index in [2.05, 4.69) is 27.4 Å². The van der Waals surface area contributed by atoms with E-state index in [9.17, 15) is 0 Å². The van der Waals surface area contributed by atoms with Crippen LogP contribution in [0, 0.1) is 0 Å². The van der Waals surface area contributed by atoms with E-state index in [1.165, 1.54) is 0 Å². The molecule has 1 aliphatic rings. The Bertz CT molecular complexity index is 558. The minimum absolute atomic E-state index is 0.107. The molecule has 0 aromatic carbocycles. The second-order valence-corrected chi connectivity index (χ2v) is 5.20. The molecule has 0 spiro atoms. The second kappa shape index (κ2) is 6.78. The molecule has 1 saturated heterocycles. The van der Waals surface area contributed by atoms with Crippen molar-refractivity contribution in [3.05, 3.63) is 30.3 Å². The summed E-state index contributed by atoms with van der Waals surface area (Å²) < 4.78 is 11.0. The van der Waals surface area contributed by atoms with Crippen LogP contribution in [0.4, 0.5) is 0 Å². The summed E-state index contributed by atoms with van der Waals surface area (Å²) >= 11 is 0. The number of hydrogen-bond acceptors (Lipinski definition) is 6. The van der Waals surface area contributed by atoms with Crippen molar-refractivity contribution in [1.82, 2.24) is 20.4 Å². The molecule has 0 bridgehead atoms. The first-order valence-electron chi connectivity index (χ1n) is 7.44. The largest absolute Gasteiger partial charge is 0.381 e. The molecule has 1 N–H and O–H groups in total. The molecule has 0 aliphatic carbocycles. The maximum absolute atomic E-state index is 5.58. The Morgan fingerprint density at radius 3 is 3.14 bits per heavy atom. The third kappa shape index (κ3) is 3.28. The molecule has 0 amide bonds. The number of ether oxygens (including phenoxy) is 1. The molecule has 3 rings (SSSR count). The van der Waals surface area contributed by atoms with Crippen LogP contribution in [0.2, 0.25) is 0 Å². The van der Waals surface area contributed by atoms with E-state index in [4.69, 9.17) is 9.26 Å². The van der Waals surface area contributed by atoms with E-state index < -0.39 is 0 Å². The van der Waals surface area contributed by atoms with Gasteiger partial charge in [-0.3, -0.25) is 4.98 Å². The number of rotatable bonds is 5. The van der Waals surface area contributed by atoms with Gasteiger partial charge >= 0.3 is 0 Å². The topological polar surface area (TPSA) is 73.1 Å². The predicted molar refractivity (Wildman–Crippen MR) is 77.8 cm³/mol. The lowest BCUT2D eigenvalue weighted by atomic mass is 9.95. The summed E-state index contributed by atoms with van der Waals surface area (Å²) in [5, 5.41) is 7.59. The van der Waals surface area contributed by atoms with Crippen LogP contribution in [0.25, 0.3) is 11.5 Å². The van der Waals surface area contributed by atoms with Gasteiger partial charge in [0.25, 0.3) is 0 Å². The number of pyridine rings is 1. The van der Waals surface area contributed by atoms with Crippen molar-refractivity contribution < 1.29 is 9.26 Å². The molecule has 2 unspecified atom stereocenters.